The smallest absolute Gasteiger partial charge is 0.243 e. The highest BCUT2D eigenvalue weighted by molar-refractivity contribution is 7.89. The average Bonchev–Trinajstić information content (AvgIpc) is 3.48. The molecule has 0 N–H and O–H groups in total. The van der Waals surface area contributed by atoms with Gasteiger partial charge < -0.3 is 4.90 Å². The van der Waals surface area contributed by atoms with Crippen molar-refractivity contribution in [2.75, 3.05) is 19.0 Å². The van der Waals surface area contributed by atoms with Gasteiger partial charge in [0.15, 0.2) is 0 Å². The van der Waals surface area contributed by atoms with Crippen LogP contribution in [0.1, 0.15) is 33.7 Å². The molecule has 0 fully saturated rings. The van der Waals surface area contributed by atoms with Gasteiger partial charge in [-0.1, -0.05) is 60.7 Å². The maximum atomic E-state index is 13.9. The van der Waals surface area contributed by atoms with Crippen LogP contribution in [0.2, 0.25) is 0 Å². The SMILES string of the molecule is CN1C(=O)C(Cc2nccs2)c2cc(S(=O)(=O)N(C)C(c3ccccc3)c3ccccc3)ccc21. The molecule has 0 aliphatic carbocycles. The maximum Gasteiger partial charge on any atom is 0.243 e. The molecular formula is C27H25N3O3S2. The van der Waals surface area contributed by atoms with E-state index in [4.69, 9.17) is 0 Å². The number of nitrogens with zero attached hydrogens (tertiary/aromatic N) is 3. The van der Waals surface area contributed by atoms with Crippen molar-refractivity contribution in [3.05, 3.63) is 112 Å². The normalized spacial score (nSPS) is 15.7. The second kappa shape index (κ2) is 9.37. The van der Waals surface area contributed by atoms with Crippen LogP contribution in [0.25, 0.3) is 0 Å². The fourth-order valence-corrected chi connectivity index (χ4v) is 6.71. The number of fused-ring (bicyclic) bond motifs is 1. The second-order valence-corrected chi connectivity index (χ2v) is 11.5. The minimum absolute atomic E-state index is 0.0513. The predicted molar refractivity (Wildman–Crippen MR) is 138 cm³/mol. The van der Waals surface area contributed by atoms with E-state index in [1.165, 1.54) is 15.6 Å². The molecule has 5 rings (SSSR count). The summed E-state index contributed by atoms with van der Waals surface area (Å²) in [4.78, 5) is 19.1. The predicted octanol–water partition coefficient (Wildman–Crippen LogP) is 4.86. The molecule has 1 aliphatic heterocycles. The highest BCUT2D eigenvalue weighted by Crippen LogP contribution is 2.41. The zero-order valence-electron chi connectivity index (χ0n) is 19.4. The number of aromatic nitrogens is 1. The van der Waals surface area contributed by atoms with Crippen molar-refractivity contribution >= 4 is 33.0 Å². The fraction of sp³-hybridized carbons (Fsp3) is 0.185. The molecule has 3 aromatic carbocycles. The van der Waals surface area contributed by atoms with Gasteiger partial charge in [-0.2, -0.15) is 4.31 Å². The lowest BCUT2D eigenvalue weighted by atomic mass is 9.98. The van der Waals surface area contributed by atoms with Crippen molar-refractivity contribution in [2.24, 2.45) is 0 Å². The van der Waals surface area contributed by atoms with Gasteiger partial charge in [0.25, 0.3) is 0 Å². The Morgan fingerprint density at radius 1 is 1.00 bits per heavy atom. The van der Waals surface area contributed by atoms with Gasteiger partial charge in [0.2, 0.25) is 15.9 Å². The maximum absolute atomic E-state index is 13.9. The topological polar surface area (TPSA) is 70.6 Å². The highest BCUT2D eigenvalue weighted by Gasteiger charge is 2.38. The largest absolute Gasteiger partial charge is 0.315 e. The van der Waals surface area contributed by atoms with E-state index < -0.39 is 22.0 Å². The van der Waals surface area contributed by atoms with Crippen molar-refractivity contribution in [1.82, 2.24) is 9.29 Å². The van der Waals surface area contributed by atoms with Gasteiger partial charge in [-0.15, -0.1) is 11.3 Å². The van der Waals surface area contributed by atoms with E-state index >= 15 is 0 Å². The lowest BCUT2D eigenvalue weighted by Gasteiger charge is -2.28. The first kappa shape index (κ1) is 23.4. The van der Waals surface area contributed by atoms with Crippen LogP contribution < -0.4 is 4.90 Å². The molecule has 0 radical (unpaired) electrons. The van der Waals surface area contributed by atoms with Crippen LogP contribution >= 0.6 is 11.3 Å². The van der Waals surface area contributed by atoms with Gasteiger partial charge in [0.1, 0.15) is 0 Å². The standard InChI is InChI=1S/C27H25N3O3S2/c1-29-24-14-13-21(17-22(24)23(27(29)31)18-25-28-15-16-34-25)35(32,33)30(2)26(19-9-5-3-6-10-19)20-11-7-4-8-12-20/h3-17,23,26H,18H2,1-2H3. The molecule has 1 aliphatic rings. The van der Waals surface area contributed by atoms with Crippen molar-refractivity contribution in [3.8, 4) is 0 Å². The van der Waals surface area contributed by atoms with E-state index in [0.717, 1.165) is 27.4 Å². The van der Waals surface area contributed by atoms with Crippen LogP contribution in [0.4, 0.5) is 5.69 Å². The molecule has 0 saturated carbocycles. The molecule has 1 unspecified atom stereocenters. The van der Waals surface area contributed by atoms with Gasteiger partial charge >= 0.3 is 0 Å². The molecule has 6 nitrogen and oxygen atoms in total. The fourth-order valence-electron chi connectivity index (χ4n) is 4.68. The number of carbonyl (C=O) groups is 1. The molecule has 1 atom stereocenters. The van der Waals surface area contributed by atoms with Crippen LogP contribution in [0, 0.1) is 0 Å². The molecule has 178 valence electrons. The monoisotopic (exact) mass is 503 g/mol. The molecule has 2 heterocycles. The molecular weight excluding hydrogens is 478 g/mol. The number of amides is 1. The lowest BCUT2D eigenvalue weighted by Crippen LogP contribution is -2.32. The summed E-state index contributed by atoms with van der Waals surface area (Å²) in [5.41, 5.74) is 3.21. The number of rotatable bonds is 7. The third-order valence-electron chi connectivity index (χ3n) is 6.50. The van der Waals surface area contributed by atoms with Gasteiger partial charge in [0, 0.05) is 37.8 Å². The number of hydrogen-bond acceptors (Lipinski definition) is 5. The summed E-state index contributed by atoms with van der Waals surface area (Å²) in [5, 5.41) is 2.73. The number of benzene rings is 3. The first-order valence-electron chi connectivity index (χ1n) is 11.3. The molecule has 0 saturated heterocycles. The summed E-state index contributed by atoms with van der Waals surface area (Å²) in [5.74, 6) is -0.509. The van der Waals surface area contributed by atoms with E-state index in [1.807, 2.05) is 66.0 Å². The van der Waals surface area contributed by atoms with Crippen molar-refractivity contribution in [1.29, 1.82) is 0 Å². The average molecular weight is 504 g/mol. The van der Waals surface area contributed by atoms with E-state index in [-0.39, 0.29) is 10.8 Å². The van der Waals surface area contributed by atoms with Crippen molar-refractivity contribution < 1.29 is 13.2 Å². The first-order chi connectivity index (χ1) is 16.9. The molecule has 0 bridgehead atoms. The van der Waals surface area contributed by atoms with Crippen LogP contribution in [-0.2, 0) is 21.2 Å². The summed E-state index contributed by atoms with van der Waals surface area (Å²) in [6.45, 7) is 0. The van der Waals surface area contributed by atoms with E-state index in [1.54, 1.807) is 43.4 Å². The Kier molecular flexibility index (Phi) is 6.27. The Morgan fingerprint density at radius 3 is 2.20 bits per heavy atom. The van der Waals surface area contributed by atoms with Crippen molar-refractivity contribution in [3.63, 3.8) is 0 Å². The zero-order valence-corrected chi connectivity index (χ0v) is 21.0. The quantitative estimate of drug-likeness (QED) is 0.361. The van der Waals surface area contributed by atoms with E-state index in [0.29, 0.717) is 6.42 Å². The number of likely N-dealkylation sites (N-methyl/N-ethyl adjacent to an activating group) is 1. The summed E-state index contributed by atoms with van der Waals surface area (Å²) in [7, 11) is -0.551. The minimum Gasteiger partial charge on any atom is -0.315 e. The molecule has 4 aromatic rings. The summed E-state index contributed by atoms with van der Waals surface area (Å²) in [6.07, 6.45) is 2.16. The van der Waals surface area contributed by atoms with Gasteiger partial charge in [-0.3, -0.25) is 4.79 Å². The second-order valence-electron chi connectivity index (χ2n) is 8.55. The Morgan fingerprint density at radius 2 is 1.63 bits per heavy atom. The summed E-state index contributed by atoms with van der Waals surface area (Å²) in [6, 6.07) is 23.7. The Hall–Kier alpha value is -3.33. The van der Waals surface area contributed by atoms with Gasteiger partial charge in [0.05, 0.1) is 21.9 Å². The van der Waals surface area contributed by atoms with Gasteiger partial charge in [-0.05, 0) is 34.9 Å². The number of hydrogen-bond donors (Lipinski definition) is 0. The molecule has 1 aromatic heterocycles. The number of sulfonamides is 1. The molecule has 0 spiro atoms. The molecule has 8 heteroatoms. The minimum atomic E-state index is -3.89. The third kappa shape index (κ3) is 4.29. The Labute approximate surface area is 209 Å². The Bertz CT molecular complexity index is 1400. The number of carbonyl (C=O) groups excluding carboxylic acids is 1. The van der Waals surface area contributed by atoms with Crippen molar-refractivity contribution in [2.45, 2.75) is 23.3 Å². The Balaban J connectivity index is 1.55. The van der Waals surface area contributed by atoms with E-state index in [9.17, 15) is 13.2 Å². The summed E-state index contributed by atoms with van der Waals surface area (Å²) < 4.78 is 29.3. The molecule has 35 heavy (non-hydrogen) atoms. The van der Waals surface area contributed by atoms with Crippen LogP contribution in [0.5, 0.6) is 0 Å². The van der Waals surface area contributed by atoms with Crippen LogP contribution in [-0.4, -0.2) is 37.7 Å². The molecule has 1 amide bonds. The lowest BCUT2D eigenvalue weighted by molar-refractivity contribution is -0.119. The third-order valence-corrected chi connectivity index (χ3v) is 9.12. The van der Waals surface area contributed by atoms with Crippen LogP contribution in [0.15, 0.2) is 95.3 Å². The van der Waals surface area contributed by atoms with E-state index in [2.05, 4.69) is 4.98 Å². The van der Waals surface area contributed by atoms with Gasteiger partial charge in [-0.25, -0.2) is 13.4 Å². The highest BCUT2D eigenvalue weighted by atomic mass is 32.2. The number of thiazole rings is 1. The summed E-state index contributed by atoms with van der Waals surface area (Å²) >= 11 is 1.49. The zero-order chi connectivity index (χ0) is 24.6. The first-order valence-corrected chi connectivity index (χ1v) is 13.6. The van der Waals surface area contributed by atoms with Crippen LogP contribution in [0.3, 0.4) is 0 Å². The number of anilines is 1.